The molecule has 8 heteroatoms. The van der Waals surface area contributed by atoms with E-state index in [0.717, 1.165) is 0 Å². The first-order valence-corrected chi connectivity index (χ1v) is 8.49. The summed E-state index contributed by atoms with van der Waals surface area (Å²) in [6, 6.07) is 3.04. The molecule has 6 nitrogen and oxygen atoms in total. The van der Waals surface area contributed by atoms with Crippen LogP contribution in [0, 0.1) is 0 Å². The molecular formula is C17H20Cl2N2O4. The van der Waals surface area contributed by atoms with Crippen molar-refractivity contribution in [3.05, 3.63) is 39.5 Å². The number of benzene rings is 1. The molecule has 1 aromatic carbocycles. The fourth-order valence-electron chi connectivity index (χ4n) is 1.85. The van der Waals surface area contributed by atoms with E-state index < -0.39 is 17.7 Å². The topological polar surface area (TPSA) is 84.5 Å². The van der Waals surface area contributed by atoms with Gasteiger partial charge in [-0.2, -0.15) is 0 Å². The molecule has 0 bridgehead atoms. The number of ketones is 1. The number of ether oxygens (including phenoxy) is 1. The molecule has 0 aliphatic heterocycles. The first kappa shape index (κ1) is 21.0. The Balaban J connectivity index is 3.12. The average molecular weight is 387 g/mol. The van der Waals surface area contributed by atoms with Gasteiger partial charge in [0.05, 0.1) is 27.9 Å². The number of esters is 1. The van der Waals surface area contributed by atoms with Crippen LogP contribution in [0.2, 0.25) is 10.0 Å². The first-order chi connectivity index (χ1) is 11.8. The normalized spacial score (nSPS) is 11.0. The van der Waals surface area contributed by atoms with Crippen molar-refractivity contribution in [2.45, 2.75) is 27.2 Å². The first-order valence-electron chi connectivity index (χ1n) is 7.74. The zero-order chi connectivity index (χ0) is 19.0. The Hall–Kier alpha value is -2.05. The fourth-order valence-corrected chi connectivity index (χ4v) is 2.44. The number of Topliss-reactive ketones (excluding diaryl/α,β-unsaturated/α-hetero) is 1. The van der Waals surface area contributed by atoms with E-state index in [1.165, 1.54) is 19.2 Å². The van der Waals surface area contributed by atoms with Crippen molar-refractivity contribution < 1.29 is 19.1 Å². The molecule has 2 N–H and O–H groups in total. The van der Waals surface area contributed by atoms with Crippen LogP contribution < -0.4 is 10.6 Å². The van der Waals surface area contributed by atoms with Gasteiger partial charge in [-0.3, -0.25) is 9.59 Å². The van der Waals surface area contributed by atoms with E-state index in [4.69, 9.17) is 27.9 Å². The second-order valence-corrected chi connectivity index (χ2v) is 5.82. The molecule has 1 rings (SSSR count). The van der Waals surface area contributed by atoms with E-state index in [-0.39, 0.29) is 27.8 Å². The maximum atomic E-state index is 12.1. The van der Waals surface area contributed by atoms with E-state index in [9.17, 15) is 14.4 Å². The predicted octanol–water partition coefficient (Wildman–Crippen LogP) is 3.58. The summed E-state index contributed by atoms with van der Waals surface area (Å²) in [5, 5.41) is 5.65. The molecule has 0 spiro atoms. The van der Waals surface area contributed by atoms with Gasteiger partial charge in [0.1, 0.15) is 5.57 Å². The van der Waals surface area contributed by atoms with Gasteiger partial charge in [-0.25, -0.2) is 4.79 Å². The van der Waals surface area contributed by atoms with E-state index >= 15 is 0 Å². The van der Waals surface area contributed by atoms with E-state index in [1.807, 2.05) is 6.92 Å². The van der Waals surface area contributed by atoms with E-state index in [1.54, 1.807) is 13.0 Å². The summed E-state index contributed by atoms with van der Waals surface area (Å²) in [6.07, 6.45) is 1.85. The Morgan fingerprint density at radius 1 is 1.20 bits per heavy atom. The van der Waals surface area contributed by atoms with Crippen LogP contribution in [0.1, 0.15) is 37.6 Å². The van der Waals surface area contributed by atoms with Gasteiger partial charge in [0.2, 0.25) is 0 Å². The van der Waals surface area contributed by atoms with Crippen molar-refractivity contribution in [3.8, 4) is 0 Å². The molecule has 0 unspecified atom stereocenters. The van der Waals surface area contributed by atoms with Crippen molar-refractivity contribution in [1.29, 1.82) is 0 Å². The van der Waals surface area contributed by atoms with Gasteiger partial charge in [-0.1, -0.05) is 30.1 Å². The molecule has 1 aromatic rings. The number of hydrogen-bond acceptors (Lipinski definition) is 5. The van der Waals surface area contributed by atoms with E-state index in [0.29, 0.717) is 18.7 Å². The Morgan fingerprint density at radius 2 is 1.88 bits per heavy atom. The number of carbonyl (C=O) groups is 3. The average Bonchev–Trinajstić information content (AvgIpc) is 2.55. The van der Waals surface area contributed by atoms with Crippen molar-refractivity contribution in [1.82, 2.24) is 5.32 Å². The largest absolute Gasteiger partial charge is 0.462 e. The lowest BCUT2D eigenvalue weighted by Gasteiger charge is -2.12. The Bertz CT molecular complexity index is 702. The lowest BCUT2D eigenvalue weighted by atomic mass is 10.1. The molecule has 0 saturated carbocycles. The molecule has 0 radical (unpaired) electrons. The maximum Gasteiger partial charge on any atom is 0.343 e. The third-order valence-corrected chi connectivity index (χ3v) is 3.77. The number of nitrogens with one attached hydrogen (secondary N) is 2. The number of halogens is 2. The fraction of sp³-hybridized carbons (Fsp3) is 0.353. The number of anilines is 1. The quantitative estimate of drug-likeness (QED) is 0.308. The monoisotopic (exact) mass is 386 g/mol. The van der Waals surface area contributed by atoms with Crippen LogP contribution in [-0.4, -0.2) is 30.8 Å². The van der Waals surface area contributed by atoms with Gasteiger partial charge in [-0.15, -0.1) is 0 Å². The second-order valence-electron chi connectivity index (χ2n) is 5.04. The van der Waals surface area contributed by atoms with Crippen molar-refractivity contribution >= 4 is 46.5 Å². The minimum Gasteiger partial charge on any atom is -0.462 e. The molecule has 0 fully saturated rings. The molecular weight excluding hydrogens is 367 g/mol. The van der Waals surface area contributed by atoms with Gasteiger partial charge in [0.25, 0.3) is 5.91 Å². The van der Waals surface area contributed by atoms with E-state index in [2.05, 4.69) is 10.6 Å². The summed E-state index contributed by atoms with van der Waals surface area (Å²) < 4.78 is 4.96. The van der Waals surface area contributed by atoms with Gasteiger partial charge < -0.3 is 15.4 Å². The third kappa shape index (κ3) is 5.76. The molecule has 25 heavy (non-hydrogen) atoms. The highest BCUT2D eigenvalue weighted by atomic mass is 35.5. The number of amides is 1. The SMILES string of the molecule is CCCOC(=O)C(=CNc1ccc(Cl)c(C(=O)NCC)c1Cl)C(C)=O. The molecule has 0 saturated heterocycles. The van der Waals surface area contributed by atoms with Crippen LogP contribution in [0.5, 0.6) is 0 Å². The van der Waals surface area contributed by atoms with Gasteiger partial charge in [0.15, 0.2) is 5.78 Å². The highest BCUT2D eigenvalue weighted by molar-refractivity contribution is 6.41. The lowest BCUT2D eigenvalue weighted by Crippen LogP contribution is -2.23. The van der Waals surface area contributed by atoms with Crippen LogP contribution in [0.4, 0.5) is 5.69 Å². The number of hydrogen-bond donors (Lipinski definition) is 2. The minimum absolute atomic E-state index is 0.0829. The molecule has 0 atom stereocenters. The second kappa shape index (κ2) is 10.1. The Morgan fingerprint density at radius 3 is 2.44 bits per heavy atom. The van der Waals surface area contributed by atoms with Gasteiger partial charge in [0, 0.05) is 12.7 Å². The standard InChI is InChI=1S/C17H20Cl2N2O4/c1-4-8-25-17(24)11(10(3)22)9-21-13-7-6-12(18)14(15(13)19)16(23)20-5-2/h6-7,9,21H,4-5,8H2,1-3H3,(H,20,23). The predicted molar refractivity (Wildman–Crippen MR) is 98.1 cm³/mol. The number of carbonyl (C=O) groups excluding carboxylic acids is 3. The van der Waals surface area contributed by atoms with Gasteiger partial charge in [-0.05, 0) is 32.4 Å². The summed E-state index contributed by atoms with van der Waals surface area (Å²) in [7, 11) is 0. The summed E-state index contributed by atoms with van der Waals surface area (Å²) in [5.74, 6) is -1.60. The van der Waals surface area contributed by atoms with Crippen LogP contribution in [-0.2, 0) is 14.3 Å². The smallest absolute Gasteiger partial charge is 0.343 e. The highest BCUT2D eigenvalue weighted by Gasteiger charge is 2.19. The molecule has 1 amide bonds. The van der Waals surface area contributed by atoms with Crippen LogP contribution in [0.3, 0.4) is 0 Å². The number of rotatable bonds is 8. The zero-order valence-corrected chi connectivity index (χ0v) is 15.8. The van der Waals surface area contributed by atoms with Crippen molar-refractivity contribution in [2.24, 2.45) is 0 Å². The molecule has 0 heterocycles. The van der Waals surface area contributed by atoms with Gasteiger partial charge >= 0.3 is 5.97 Å². The van der Waals surface area contributed by atoms with Crippen molar-refractivity contribution in [2.75, 3.05) is 18.5 Å². The molecule has 0 aromatic heterocycles. The van der Waals surface area contributed by atoms with Crippen LogP contribution >= 0.6 is 23.2 Å². The Kier molecular flexibility index (Phi) is 8.45. The Labute approximate surface area is 156 Å². The maximum absolute atomic E-state index is 12.1. The third-order valence-electron chi connectivity index (χ3n) is 3.06. The highest BCUT2D eigenvalue weighted by Crippen LogP contribution is 2.32. The summed E-state index contributed by atoms with van der Waals surface area (Å²) in [4.78, 5) is 35.6. The minimum atomic E-state index is -0.726. The lowest BCUT2D eigenvalue weighted by molar-refractivity contribution is -0.140. The molecule has 0 aliphatic rings. The van der Waals surface area contributed by atoms with Crippen LogP contribution in [0.15, 0.2) is 23.9 Å². The summed E-state index contributed by atoms with van der Waals surface area (Å²) in [6.45, 7) is 5.50. The van der Waals surface area contributed by atoms with Crippen molar-refractivity contribution in [3.63, 3.8) is 0 Å². The molecule has 0 aliphatic carbocycles. The zero-order valence-electron chi connectivity index (χ0n) is 14.2. The van der Waals surface area contributed by atoms with Crippen LogP contribution in [0.25, 0.3) is 0 Å². The summed E-state index contributed by atoms with van der Waals surface area (Å²) in [5.41, 5.74) is 0.287. The summed E-state index contributed by atoms with van der Waals surface area (Å²) >= 11 is 12.3. The molecule has 136 valence electrons.